The van der Waals surface area contributed by atoms with Gasteiger partial charge in [0.1, 0.15) is 0 Å². The summed E-state index contributed by atoms with van der Waals surface area (Å²) in [5, 5.41) is 9.76. The zero-order valence-electron chi connectivity index (χ0n) is 9.71. The molecule has 0 fully saturated rings. The lowest BCUT2D eigenvalue weighted by molar-refractivity contribution is -0.177. The molecule has 0 aliphatic carbocycles. The highest BCUT2D eigenvalue weighted by Gasteiger charge is 2.26. The van der Waals surface area contributed by atoms with Crippen molar-refractivity contribution in [3.05, 3.63) is 24.8 Å². The van der Waals surface area contributed by atoms with Crippen LogP contribution in [0.15, 0.2) is 24.8 Å². The van der Waals surface area contributed by atoms with Gasteiger partial charge < -0.3 is 9.84 Å². The number of rotatable bonds is 6. The first-order valence-electron chi connectivity index (χ1n) is 4.99. The molecule has 0 aromatic heterocycles. The van der Waals surface area contributed by atoms with E-state index in [2.05, 4.69) is 13.2 Å². The van der Waals surface area contributed by atoms with Crippen LogP contribution < -0.4 is 0 Å². The highest BCUT2D eigenvalue weighted by atomic mass is 16.6. The molecular formula is C12H22O2. The van der Waals surface area contributed by atoms with E-state index in [0.717, 1.165) is 12.0 Å². The fraction of sp³-hybridized carbons (Fsp3) is 0.667. The summed E-state index contributed by atoms with van der Waals surface area (Å²) in [4.78, 5) is 0. The fourth-order valence-electron chi connectivity index (χ4n) is 0.975. The Morgan fingerprint density at radius 3 is 2.36 bits per heavy atom. The lowest BCUT2D eigenvalue weighted by atomic mass is 10.00. The highest BCUT2D eigenvalue weighted by molar-refractivity contribution is 5.05. The van der Waals surface area contributed by atoms with Crippen LogP contribution in [-0.2, 0) is 4.74 Å². The summed E-state index contributed by atoms with van der Waals surface area (Å²) in [5.41, 5.74) is 0.408. The molecule has 2 nitrogen and oxygen atoms in total. The van der Waals surface area contributed by atoms with Crippen molar-refractivity contribution in [2.75, 3.05) is 0 Å². The van der Waals surface area contributed by atoms with Gasteiger partial charge in [0.2, 0.25) is 0 Å². The van der Waals surface area contributed by atoms with E-state index in [1.54, 1.807) is 6.08 Å². The Morgan fingerprint density at radius 2 is 2.07 bits per heavy atom. The van der Waals surface area contributed by atoms with E-state index in [1.807, 2.05) is 27.7 Å². The van der Waals surface area contributed by atoms with Crippen LogP contribution in [0.3, 0.4) is 0 Å². The van der Waals surface area contributed by atoms with Gasteiger partial charge in [-0.3, -0.25) is 0 Å². The predicted octanol–water partition coefficient (Wildman–Crippen LogP) is 2.89. The second-order valence-corrected chi connectivity index (χ2v) is 4.11. The van der Waals surface area contributed by atoms with Crippen LogP contribution >= 0.6 is 0 Å². The van der Waals surface area contributed by atoms with Gasteiger partial charge in [0, 0.05) is 5.92 Å². The normalized spacial score (nSPS) is 16.1. The lowest BCUT2D eigenvalue weighted by Gasteiger charge is -2.31. The maximum atomic E-state index is 9.76. The molecule has 0 spiro atoms. The predicted molar refractivity (Wildman–Crippen MR) is 60.0 cm³/mol. The quantitative estimate of drug-likeness (QED) is 0.525. The SMILES string of the molecule is C=CC(CC)C(O)OC(C)(C)C(=C)C. The van der Waals surface area contributed by atoms with E-state index in [4.69, 9.17) is 4.74 Å². The third-order valence-corrected chi connectivity index (χ3v) is 2.58. The second-order valence-electron chi connectivity index (χ2n) is 4.11. The molecule has 0 aliphatic heterocycles. The molecule has 0 amide bonds. The Bertz CT molecular complexity index is 206. The summed E-state index contributed by atoms with van der Waals surface area (Å²) in [6, 6.07) is 0. The van der Waals surface area contributed by atoms with Crippen LogP contribution in [-0.4, -0.2) is 17.0 Å². The van der Waals surface area contributed by atoms with Gasteiger partial charge in [0.05, 0.1) is 5.60 Å². The minimum absolute atomic E-state index is 0.0198. The Labute approximate surface area is 87.3 Å². The van der Waals surface area contributed by atoms with Gasteiger partial charge in [0.15, 0.2) is 6.29 Å². The molecule has 0 aliphatic rings. The van der Waals surface area contributed by atoms with Gasteiger partial charge in [-0.25, -0.2) is 0 Å². The summed E-state index contributed by atoms with van der Waals surface area (Å²) < 4.78 is 5.53. The molecule has 0 rings (SSSR count). The first kappa shape index (κ1) is 13.4. The molecule has 1 N–H and O–H groups in total. The van der Waals surface area contributed by atoms with Crippen LogP contribution in [0.25, 0.3) is 0 Å². The van der Waals surface area contributed by atoms with Gasteiger partial charge in [-0.1, -0.05) is 19.6 Å². The molecule has 2 heteroatoms. The van der Waals surface area contributed by atoms with Crippen LogP contribution in [0.1, 0.15) is 34.1 Å². The molecule has 0 bridgehead atoms. The smallest absolute Gasteiger partial charge is 0.161 e. The van der Waals surface area contributed by atoms with Gasteiger partial charge in [-0.15, -0.1) is 6.58 Å². The van der Waals surface area contributed by atoms with Crippen molar-refractivity contribution in [2.45, 2.75) is 46.0 Å². The number of aliphatic hydroxyl groups excluding tert-OH is 1. The molecule has 0 aromatic carbocycles. The largest absolute Gasteiger partial charge is 0.367 e. The van der Waals surface area contributed by atoms with E-state index in [0.29, 0.717) is 0 Å². The van der Waals surface area contributed by atoms with Crippen molar-refractivity contribution in [1.29, 1.82) is 0 Å². The van der Waals surface area contributed by atoms with E-state index in [9.17, 15) is 5.11 Å². The summed E-state index contributed by atoms with van der Waals surface area (Å²) in [7, 11) is 0. The minimum atomic E-state index is -0.802. The van der Waals surface area contributed by atoms with Crippen LogP contribution in [0, 0.1) is 5.92 Å². The van der Waals surface area contributed by atoms with Gasteiger partial charge in [-0.2, -0.15) is 0 Å². The van der Waals surface area contributed by atoms with Crippen LogP contribution in [0.4, 0.5) is 0 Å². The molecule has 14 heavy (non-hydrogen) atoms. The maximum Gasteiger partial charge on any atom is 0.161 e. The molecule has 82 valence electrons. The Morgan fingerprint density at radius 1 is 1.57 bits per heavy atom. The first-order valence-corrected chi connectivity index (χ1v) is 4.99. The molecule has 0 saturated carbocycles. The summed E-state index contributed by atoms with van der Waals surface area (Å²) in [6.45, 7) is 15.2. The Balaban J connectivity index is 4.36. The van der Waals surface area contributed by atoms with Crippen molar-refractivity contribution in [3.63, 3.8) is 0 Å². The van der Waals surface area contributed by atoms with Crippen LogP contribution in [0.2, 0.25) is 0 Å². The molecule has 2 atom stereocenters. The van der Waals surface area contributed by atoms with E-state index < -0.39 is 11.9 Å². The summed E-state index contributed by atoms with van der Waals surface area (Å²) in [6.07, 6.45) is 1.74. The molecule has 0 saturated heterocycles. The van der Waals surface area contributed by atoms with Crippen molar-refractivity contribution >= 4 is 0 Å². The second kappa shape index (κ2) is 5.32. The van der Waals surface area contributed by atoms with Gasteiger partial charge in [-0.05, 0) is 32.8 Å². The van der Waals surface area contributed by atoms with Crippen molar-refractivity contribution in [1.82, 2.24) is 0 Å². The zero-order valence-corrected chi connectivity index (χ0v) is 9.71. The van der Waals surface area contributed by atoms with E-state index in [-0.39, 0.29) is 5.92 Å². The Hall–Kier alpha value is -0.600. The molecule has 0 aromatic rings. The maximum absolute atomic E-state index is 9.76. The number of ether oxygens (including phenoxy) is 1. The third-order valence-electron chi connectivity index (χ3n) is 2.58. The fourth-order valence-corrected chi connectivity index (χ4v) is 0.975. The average Bonchev–Trinajstić information content (AvgIpc) is 2.05. The van der Waals surface area contributed by atoms with E-state index in [1.165, 1.54) is 0 Å². The number of hydrogen-bond donors (Lipinski definition) is 1. The Kier molecular flexibility index (Phi) is 5.09. The van der Waals surface area contributed by atoms with Crippen molar-refractivity contribution in [3.8, 4) is 0 Å². The van der Waals surface area contributed by atoms with Gasteiger partial charge >= 0.3 is 0 Å². The molecule has 0 heterocycles. The first-order chi connectivity index (χ1) is 6.35. The van der Waals surface area contributed by atoms with Crippen LogP contribution in [0.5, 0.6) is 0 Å². The number of hydrogen-bond acceptors (Lipinski definition) is 2. The monoisotopic (exact) mass is 198 g/mol. The molecule has 0 radical (unpaired) electrons. The van der Waals surface area contributed by atoms with Crippen molar-refractivity contribution in [2.24, 2.45) is 5.92 Å². The minimum Gasteiger partial charge on any atom is -0.367 e. The third kappa shape index (κ3) is 3.64. The highest BCUT2D eigenvalue weighted by Crippen LogP contribution is 2.23. The van der Waals surface area contributed by atoms with Crippen molar-refractivity contribution < 1.29 is 9.84 Å². The molecule has 2 unspecified atom stereocenters. The summed E-state index contributed by atoms with van der Waals surface area (Å²) >= 11 is 0. The number of aliphatic hydroxyl groups is 1. The molecular weight excluding hydrogens is 176 g/mol. The zero-order chi connectivity index (χ0) is 11.4. The average molecular weight is 198 g/mol. The summed E-state index contributed by atoms with van der Waals surface area (Å²) in [5.74, 6) is -0.0198. The lowest BCUT2D eigenvalue weighted by Crippen LogP contribution is -2.34. The standard InChI is InChI=1S/C12H22O2/c1-7-10(8-2)11(13)14-12(5,6)9(3)4/h7,10-11,13H,1,3,8H2,2,4-6H3. The topological polar surface area (TPSA) is 29.5 Å². The van der Waals surface area contributed by atoms with Gasteiger partial charge in [0.25, 0.3) is 0 Å². The van der Waals surface area contributed by atoms with E-state index >= 15 is 0 Å².